The van der Waals surface area contributed by atoms with Gasteiger partial charge in [0.2, 0.25) is 35.4 Å². The summed E-state index contributed by atoms with van der Waals surface area (Å²) in [5.41, 5.74) is 2.13. The molecule has 3 heterocycles. The largest absolute Gasteiger partial charge is 0.353 e. The smallest absolute Gasteiger partial charge is 0.272 e. The fraction of sp³-hybridized carbons (Fsp3) is 0.444. The summed E-state index contributed by atoms with van der Waals surface area (Å²) >= 11 is 0. The van der Waals surface area contributed by atoms with Crippen molar-refractivity contribution in [1.29, 1.82) is 0 Å². The van der Waals surface area contributed by atoms with Crippen molar-refractivity contribution in [1.82, 2.24) is 62.5 Å². The van der Waals surface area contributed by atoms with Crippen molar-refractivity contribution >= 4 is 47.3 Å². The topological polar surface area (TPSA) is 268 Å². The second kappa shape index (κ2) is 27.7. The molecule has 0 aliphatic carbocycles. The quantitative estimate of drug-likeness (QED) is 0.0479. The maximum atomic E-state index is 14.8. The predicted octanol–water partition coefficient (Wildman–Crippen LogP) is 3.98. The van der Waals surface area contributed by atoms with Crippen LogP contribution in [0.2, 0.25) is 0 Å². The molecule has 0 radical (unpaired) electrons. The van der Waals surface area contributed by atoms with Gasteiger partial charge in [0.25, 0.3) is 11.8 Å². The number of carbonyl (C=O) groups is 8. The van der Waals surface area contributed by atoms with E-state index in [0.29, 0.717) is 0 Å². The van der Waals surface area contributed by atoms with E-state index in [0.717, 1.165) is 22.3 Å². The summed E-state index contributed by atoms with van der Waals surface area (Å²) in [6.07, 6.45) is 0.0577. The van der Waals surface area contributed by atoms with Crippen molar-refractivity contribution in [3.63, 3.8) is 0 Å². The van der Waals surface area contributed by atoms with Gasteiger partial charge in [0, 0.05) is 56.2 Å². The van der Waals surface area contributed by atoms with Gasteiger partial charge in [-0.1, -0.05) is 163 Å². The van der Waals surface area contributed by atoms with Gasteiger partial charge in [-0.25, -0.2) is 0 Å². The molecule has 7 rings (SSSR count). The molecule has 2 fully saturated rings. The first-order valence-corrected chi connectivity index (χ1v) is 28.5. The molecule has 20 heteroatoms. The van der Waals surface area contributed by atoms with Crippen molar-refractivity contribution in [2.24, 2.45) is 10.8 Å². The van der Waals surface area contributed by atoms with Gasteiger partial charge in [-0.15, -0.1) is 0 Å². The second-order valence-corrected chi connectivity index (χ2v) is 23.9. The Bertz CT molecular complexity index is 2760. The molecule has 442 valence electrons. The number of nitrogens with one attached hydrogen (secondary N) is 9. The number of amides is 8. The lowest BCUT2D eigenvalue weighted by molar-refractivity contribution is -0.144. The van der Waals surface area contributed by atoms with Crippen LogP contribution in [0.15, 0.2) is 127 Å². The third-order valence-electron chi connectivity index (χ3n) is 15.7. The van der Waals surface area contributed by atoms with Crippen LogP contribution in [0.1, 0.15) is 123 Å². The van der Waals surface area contributed by atoms with Crippen LogP contribution < -0.4 is 42.5 Å². The van der Waals surface area contributed by atoms with Gasteiger partial charge in [-0.2, -0.15) is 5.10 Å². The SMILES string of the molecule is CN[C@@H](C)C(=O)N[C@H](C(=O)N1C[C@@H](NC(=O)c2cc(C(=O)N[C@H]3C[C@@H](C(=O)NCC(c4ccccc4)c4ccccc4)N(C(=O)[C@@H](NC(=O)[C@H](C)NC)C(C)(C)C)C3)[nH]n2)C[C@H]1C(=O)NCC(c1ccccc1)c1ccccc1)C(C)(C)C. The monoisotopic (exact) mass is 1130 g/mol. The van der Waals surface area contributed by atoms with E-state index in [2.05, 4.69) is 52.7 Å². The molecular weight excluding hydrogens is 1050 g/mol. The third-order valence-corrected chi connectivity index (χ3v) is 15.7. The van der Waals surface area contributed by atoms with Gasteiger partial charge in [0.15, 0.2) is 5.69 Å². The molecule has 0 bridgehead atoms. The van der Waals surface area contributed by atoms with Crippen LogP contribution in [-0.2, 0) is 28.8 Å². The molecule has 2 aliphatic heterocycles. The van der Waals surface area contributed by atoms with Crippen LogP contribution in [0.3, 0.4) is 0 Å². The number of hydrogen-bond donors (Lipinski definition) is 9. The predicted molar refractivity (Wildman–Crippen MR) is 317 cm³/mol. The number of aromatic amines is 1. The highest BCUT2D eigenvalue weighted by molar-refractivity contribution is 5.99. The summed E-state index contributed by atoms with van der Waals surface area (Å²) in [6.45, 7) is 14.6. The lowest BCUT2D eigenvalue weighted by atomic mass is 9.85. The number of hydrogen-bond acceptors (Lipinski definition) is 11. The van der Waals surface area contributed by atoms with Crippen molar-refractivity contribution in [3.05, 3.63) is 161 Å². The number of rotatable bonds is 22. The number of likely N-dealkylation sites (N-methyl/N-ethyl adjacent to an activating group) is 2. The van der Waals surface area contributed by atoms with E-state index in [4.69, 9.17) is 0 Å². The Morgan fingerprint density at radius 2 is 0.867 bits per heavy atom. The first-order valence-electron chi connectivity index (χ1n) is 28.5. The van der Waals surface area contributed by atoms with Crippen LogP contribution in [0.4, 0.5) is 0 Å². The van der Waals surface area contributed by atoms with E-state index in [1.807, 2.05) is 163 Å². The molecule has 20 nitrogen and oxygen atoms in total. The van der Waals surface area contributed by atoms with Crippen LogP contribution in [0.5, 0.6) is 0 Å². The van der Waals surface area contributed by atoms with E-state index in [1.54, 1.807) is 27.9 Å². The van der Waals surface area contributed by atoms with Gasteiger partial charge in [0.05, 0.1) is 12.1 Å². The van der Waals surface area contributed by atoms with Crippen molar-refractivity contribution < 1.29 is 38.4 Å². The van der Waals surface area contributed by atoms with Crippen molar-refractivity contribution in [2.45, 2.75) is 128 Å². The molecule has 8 amide bonds. The molecule has 0 spiro atoms. The zero-order chi connectivity index (χ0) is 60.2. The Hall–Kier alpha value is -8.23. The van der Waals surface area contributed by atoms with E-state index >= 15 is 0 Å². The summed E-state index contributed by atoms with van der Waals surface area (Å²) in [5, 5.41) is 30.5. The van der Waals surface area contributed by atoms with Gasteiger partial charge in [0.1, 0.15) is 29.9 Å². The van der Waals surface area contributed by atoms with Gasteiger partial charge >= 0.3 is 0 Å². The molecule has 8 atom stereocenters. The minimum Gasteiger partial charge on any atom is -0.353 e. The number of carbonyl (C=O) groups excluding carboxylic acids is 8. The van der Waals surface area contributed by atoms with Crippen LogP contribution in [0.25, 0.3) is 0 Å². The maximum absolute atomic E-state index is 14.8. The summed E-state index contributed by atoms with van der Waals surface area (Å²) in [4.78, 5) is 116. The van der Waals surface area contributed by atoms with Crippen molar-refractivity contribution in [2.75, 3.05) is 40.3 Å². The Kier molecular flexibility index (Phi) is 20.8. The van der Waals surface area contributed by atoms with Crippen molar-refractivity contribution in [3.8, 4) is 0 Å². The standard InChI is InChI=1S/C63H82N12O8/c1-38(64-9)54(76)70-52(62(3,4)5)60(82)74-36-44(31-50(74)58(80)66-34-46(40-23-15-11-16-24-40)41-25-17-12-18-26-41)68-56(78)48-33-49(73-72-48)57(79)69-45-32-51(75(37-45)61(83)53(63(6,7)8)71-55(77)39(2)65-10)59(81)67-35-47(42-27-19-13-20-28-42)43-29-21-14-22-30-43/h11-30,33,38-39,44-47,50-53,64-65H,31-32,34-37H2,1-10H3,(H,66,80)(H,67,81)(H,68,78)(H,69,79)(H,70,76)(H,71,77)(H,72,73)/t38-,39-,44-,45-,50-,51-,52+,53+/m0/s1. The zero-order valence-corrected chi connectivity index (χ0v) is 49.2. The highest BCUT2D eigenvalue weighted by atomic mass is 16.2. The molecule has 0 saturated carbocycles. The fourth-order valence-corrected chi connectivity index (χ4v) is 10.6. The normalized spacial score (nSPS) is 18.6. The number of benzene rings is 4. The Morgan fingerprint density at radius 3 is 1.19 bits per heavy atom. The van der Waals surface area contributed by atoms with Gasteiger partial charge < -0.3 is 52.3 Å². The average molecular weight is 1140 g/mol. The Balaban J connectivity index is 1.08. The minimum absolute atomic E-state index is 0.0270. The lowest BCUT2D eigenvalue weighted by Crippen LogP contribution is -2.59. The molecule has 2 saturated heterocycles. The molecule has 5 aromatic rings. The van der Waals surface area contributed by atoms with Crippen LogP contribution in [0, 0.1) is 10.8 Å². The zero-order valence-electron chi connectivity index (χ0n) is 49.2. The van der Waals surface area contributed by atoms with E-state index in [9.17, 15) is 38.4 Å². The molecular formula is C63H82N12O8. The maximum Gasteiger partial charge on any atom is 0.272 e. The Morgan fingerprint density at radius 1 is 0.530 bits per heavy atom. The molecule has 1 aromatic heterocycles. The highest BCUT2D eigenvalue weighted by Gasteiger charge is 2.48. The summed E-state index contributed by atoms with van der Waals surface area (Å²) in [5.74, 6) is -4.44. The average Bonchev–Trinajstić information content (AvgIpc) is 4.49. The summed E-state index contributed by atoms with van der Waals surface area (Å²) in [7, 11) is 3.28. The van der Waals surface area contributed by atoms with Gasteiger partial charge in [-0.3, -0.25) is 43.5 Å². The number of aromatic nitrogens is 2. The van der Waals surface area contributed by atoms with E-state index < -0.39 is 106 Å². The number of likely N-dealkylation sites (tertiary alicyclic amines) is 2. The van der Waals surface area contributed by atoms with E-state index in [1.165, 1.54) is 15.9 Å². The van der Waals surface area contributed by atoms with Crippen LogP contribution in [-0.4, -0.2) is 156 Å². The second-order valence-electron chi connectivity index (χ2n) is 23.9. The molecule has 4 aromatic carbocycles. The summed E-state index contributed by atoms with van der Waals surface area (Å²) in [6, 6.07) is 33.4. The molecule has 2 aliphatic rings. The van der Waals surface area contributed by atoms with E-state index in [-0.39, 0.29) is 62.2 Å². The first kappa shape index (κ1) is 62.4. The van der Waals surface area contributed by atoms with Gasteiger partial charge in [-0.05, 0) is 73.9 Å². The minimum atomic E-state index is -1.05. The number of nitrogens with zero attached hydrogens (tertiary/aromatic N) is 3. The molecule has 0 unspecified atom stereocenters. The molecule has 83 heavy (non-hydrogen) atoms. The first-order chi connectivity index (χ1) is 39.5. The highest BCUT2D eigenvalue weighted by Crippen LogP contribution is 2.31. The lowest BCUT2D eigenvalue weighted by Gasteiger charge is -2.36. The summed E-state index contributed by atoms with van der Waals surface area (Å²) < 4.78 is 0. The number of H-pyrrole nitrogens is 1. The van der Waals surface area contributed by atoms with Crippen LogP contribution >= 0.6 is 0 Å². The fourth-order valence-electron chi connectivity index (χ4n) is 10.6. The molecule has 9 N–H and O–H groups in total. The Labute approximate surface area is 486 Å². The third kappa shape index (κ3) is 15.9.